The van der Waals surface area contributed by atoms with Gasteiger partial charge in [0, 0.05) is 35.8 Å². The van der Waals surface area contributed by atoms with Crippen molar-refractivity contribution in [1.82, 2.24) is 4.57 Å². The van der Waals surface area contributed by atoms with E-state index in [2.05, 4.69) is 25.1 Å². The summed E-state index contributed by atoms with van der Waals surface area (Å²) in [6, 6.07) is 6.27. The third-order valence-electron chi connectivity index (χ3n) is 3.21. The molecule has 0 fully saturated rings. The smallest absolute Gasteiger partial charge is 0.156 e. The van der Waals surface area contributed by atoms with Crippen molar-refractivity contribution >= 4 is 22.4 Å². The van der Waals surface area contributed by atoms with E-state index in [1.807, 2.05) is 17.8 Å². The minimum Gasteiger partial charge on any atom is -0.507 e. The number of carbonyl (C=O) groups excluding carboxylic acids is 1. The normalized spacial score (nSPS) is 12.1. The van der Waals surface area contributed by atoms with E-state index in [0.29, 0.717) is 5.56 Å². The third-order valence-corrected chi connectivity index (χ3v) is 3.21. The second-order valence-corrected chi connectivity index (χ2v) is 4.90. The molecule has 1 N–H and O–H groups in total. The van der Waals surface area contributed by atoms with Gasteiger partial charge in [-0.15, -0.1) is 0 Å². The molecule has 0 amide bonds. The molecule has 0 bridgehead atoms. The van der Waals surface area contributed by atoms with Gasteiger partial charge in [0.05, 0.1) is 0 Å². The van der Waals surface area contributed by atoms with Gasteiger partial charge in [-0.25, -0.2) is 0 Å². The molecule has 2 aromatic rings. The number of aliphatic hydroxyl groups excluding tert-OH is 1. The van der Waals surface area contributed by atoms with E-state index in [1.165, 1.54) is 18.6 Å². The zero-order valence-electron chi connectivity index (χ0n) is 11.6. The number of hydrogen-bond donors (Lipinski definition) is 1. The topological polar surface area (TPSA) is 42.2 Å². The van der Waals surface area contributed by atoms with Crippen LogP contribution in [0.25, 0.3) is 16.7 Å². The first-order valence-corrected chi connectivity index (χ1v) is 6.52. The Labute approximate surface area is 113 Å². The Hall–Kier alpha value is -2.03. The molecule has 3 nitrogen and oxygen atoms in total. The average molecular weight is 257 g/mol. The molecule has 0 radical (unpaired) electrons. The van der Waals surface area contributed by atoms with Crippen LogP contribution in [0.3, 0.4) is 0 Å². The van der Waals surface area contributed by atoms with E-state index < -0.39 is 0 Å². The van der Waals surface area contributed by atoms with Gasteiger partial charge in [0.1, 0.15) is 5.76 Å². The third kappa shape index (κ3) is 2.70. The number of ketones is 1. The number of hydrogen-bond acceptors (Lipinski definition) is 2. The van der Waals surface area contributed by atoms with E-state index in [9.17, 15) is 9.90 Å². The van der Waals surface area contributed by atoms with Gasteiger partial charge in [-0.1, -0.05) is 19.4 Å². The number of nitrogens with zero attached hydrogens (tertiary/aromatic N) is 1. The maximum Gasteiger partial charge on any atom is 0.156 e. The van der Waals surface area contributed by atoms with Crippen molar-refractivity contribution in [2.24, 2.45) is 7.05 Å². The van der Waals surface area contributed by atoms with Gasteiger partial charge in [0.15, 0.2) is 5.78 Å². The van der Waals surface area contributed by atoms with Crippen molar-refractivity contribution in [2.45, 2.75) is 26.7 Å². The fourth-order valence-electron chi connectivity index (χ4n) is 2.36. The van der Waals surface area contributed by atoms with Gasteiger partial charge in [-0.3, -0.25) is 4.79 Å². The minimum absolute atomic E-state index is 0.0340. The van der Waals surface area contributed by atoms with E-state index >= 15 is 0 Å². The van der Waals surface area contributed by atoms with Crippen molar-refractivity contribution in [3.8, 4) is 0 Å². The minimum atomic E-state index is -0.154. The Bertz CT molecular complexity index is 650. The molecule has 19 heavy (non-hydrogen) atoms. The van der Waals surface area contributed by atoms with E-state index in [-0.39, 0.29) is 11.5 Å². The molecule has 3 heteroatoms. The fraction of sp³-hybridized carbons (Fsp3) is 0.312. The van der Waals surface area contributed by atoms with E-state index in [1.54, 1.807) is 0 Å². The highest BCUT2D eigenvalue weighted by Gasteiger charge is 2.11. The monoisotopic (exact) mass is 257 g/mol. The van der Waals surface area contributed by atoms with Crippen LogP contribution < -0.4 is 0 Å². The summed E-state index contributed by atoms with van der Waals surface area (Å²) in [5, 5.41) is 11.0. The molecule has 0 aliphatic rings. The lowest BCUT2D eigenvalue weighted by Crippen LogP contribution is -1.88. The molecule has 100 valence electrons. The molecule has 2 rings (SSSR count). The summed E-state index contributed by atoms with van der Waals surface area (Å²) >= 11 is 0. The van der Waals surface area contributed by atoms with E-state index in [0.717, 1.165) is 23.7 Å². The predicted octanol–water partition coefficient (Wildman–Crippen LogP) is 3.62. The highest BCUT2D eigenvalue weighted by atomic mass is 16.3. The Morgan fingerprint density at radius 1 is 1.42 bits per heavy atom. The lowest BCUT2D eigenvalue weighted by atomic mass is 10.0. The summed E-state index contributed by atoms with van der Waals surface area (Å²) in [6.45, 7) is 3.58. The van der Waals surface area contributed by atoms with Crippen LogP contribution >= 0.6 is 0 Å². The van der Waals surface area contributed by atoms with Gasteiger partial charge in [0.2, 0.25) is 0 Å². The second kappa shape index (κ2) is 5.31. The van der Waals surface area contributed by atoms with Gasteiger partial charge < -0.3 is 9.67 Å². The number of benzene rings is 1. The molecular formula is C16H19NO2. The number of allylic oxidation sites excluding steroid dienone is 1. The highest BCUT2D eigenvalue weighted by Crippen LogP contribution is 2.27. The van der Waals surface area contributed by atoms with Crippen LogP contribution in [0, 0.1) is 0 Å². The number of fused-ring (bicyclic) bond motifs is 1. The molecule has 1 aromatic carbocycles. The van der Waals surface area contributed by atoms with Crippen LogP contribution in [0.15, 0.2) is 30.5 Å². The van der Waals surface area contributed by atoms with Gasteiger partial charge in [0.25, 0.3) is 0 Å². The molecule has 0 saturated carbocycles. The second-order valence-electron chi connectivity index (χ2n) is 4.90. The highest BCUT2D eigenvalue weighted by molar-refractivity contribution is 5.99. The molecule has 0 atom stereocenters. The maximum absolute atomic E-state index is 11.1. The zero-order valence-corrected chi connectivity index (χ0v) is 11.6. The standard InChI is InChI=1S/C16H19NO2/c1-4-5-12-6-7-15-13(9-12)14(10-17(15)3)16(19)8-11(2)18/h6-10,19H,4-5H2,1-3H3/b16-8-. The largest absolute Gasteiger partial charge is 0.507 e. The molecular weight excluding hydrogens is 238 g/mol. The predicted molar refractivity (Wildman–Crippen MR) is 78.2 cm³/mol. The summed E-state index contributed by atoms with van der Waals surface area (Å²) in [4.78, 5) is 11.1. The average Bonchev–Trinajstić information content (AvgIpc) is 2.66. The van der Waals surface area contributed by atoms with Crippen molar-refractivity contribution < 1.29 is 9.90 Å². The first kappa shape index (κ1) is 13.4. The maximum atomic E-state index is 11.1. The van der Waals surface area contributed by atoms with Crippen LogP contribution in [0.1, 0.15) is 31.4 Å². The number of aromatic nitrogens is 1. The molecule has 1 heterocycles. The molecule has 0 saturated heterocycles. The van der Waals surface area contributed by atoms with Crippen LogP contribution in [0.5, 0.6) is 0 Å². The van der Waals surface area contributed by atoms with Gasteiger partial charge in [-0.05, 0) is 31.0 Å². The summed E-state index contributed by atoms with van der Waals surface area (Å²) in [6.07, 6.45) is 5.22. The first-order chi connectivity index (χ1) is 9.02. The van der Waals surface area contributed by atoms with Crippen LogP contribution in [-0.4, -0.2) is 15.5 Å². The fourth-order valence-corrected chi connectivity index (χ4v) is 2.36. The van der Waals surface area contributed by atoms with Crippen molar-refractivity contribution in [3.05, 3.63) is 41.6 Å². The SMILES string of the molecule is CCCc1ccc2c(c1)c(/C(O)=C/C(C)=O)cn2C. The Kier molecular flexibility index (Phi) is 3.74. The van der Waals surface area contributed by atoms with Crippen LogP contribution in [0.4, 0.5) is 0 Å². The van der Waals surface area contributed by atoms with Gasteiger partial charge in [-0.2, -0.15) is 0 Å². The first-order valence-electron chi connectivity index (χ1n) is 6.52. The summed E-state index contributed by atoms with van der Waals surface area (Å²) in [7, 11) is 1.94. The number of carbonyl (C=O) groups is 1. The molecule has 0 aliphatic carbocycles. The van der Waals surface area contributed by atoms with Crippen LogP contribution in [-0.2, 0) is 18.3 Å². The Balaban J connectivity index is 2.60. The molecule has 0 aliphatic heterocycles. The van der Waals surface area contributed by atoms with Crippen molar-refractivity contribution in [3.63, 3.8) is 0 Å². The summed E-state index contributed by atoms with van der Waals surface area (Å²) in [5.41, 5.74) is 3.02. The summed E-state index contributed by atoms with van der Waals surface area (Å²) < 4.78 is 1.96. The molecule has 1 aromatic heterocycles. The molecule has 0 spiro atoms. The lowest BCUT2D eigenvalue weighted by molar-refractivity contribution is -0.112. The Morgan fingerprint density at radius 3 is 2.79 bits per heavy atom. The van der Waals surface area contributed by atoms with Crippen molar-refractivity contribution in [1.29, 1.82) is 0 Å². The summed E-state index contributed by atoms with van der Waals surface area (Å²) in [5.74, 6) is -0.119. The Morgan fingerprint density at radius 2 is 2.16 bits per heavy atom. The van der Waals surface area contributed by atoms with Crippen LogP contribution in [0.2, 0.25) is 0 Å². The number of aryl methyl sites for hydroxylation is 2. The zero-order chi connectivity index (χ0) is 14.0. The van der Waals surface area contributed by atoms with Crippen molar-refractivity contribution in [2.75, 3.05) is 0 Å². The molecule has 0 unspecified atom stereocenters. The number of aliphatic hydroxyl groups is 1. The lowest BCUT2D eigenvalue weighted by Gasteiger charge is -2.02. The van der Waals surface area contributed by atoms with Gasteiger partial charge >= 0.3 is 0 Å². The van der Waals surface area contributed by atoms with E-state index in [4.69, 9.17) is 0 Å². The number of rotatable bonds is 4. The quantitative estimate of drug-likeness (QED) is 0.671.